The molecule has 5 nitrogen and oxygen atoms in total. The number of nitrogens with one attached hydrogen (secondary N) is 1. The van der Waals surface area contributed by atoms with Crippen molar-refractivity contribution < 1.29 is 19.1 Å². The van der Waals surface area contributed by atoms with Gasteiger partial charge in [0.05, 0.1) is 5.56 Å². The fraction of sp³-hybridized carbons (Fsp3) is 0.200. The van der Waals surface area contributed by atoms with Crippen LogP contribution in [-0.4, -0.2) is 24.5 Å². The van der Waals surface area contributed by atoms with Crippen LogP contribution >= 0.6 is 0 Å². The van der Waals surface area contributed by atoms with Gasteiger partial charge in [-0.25, -0.2) is 4.79 Å². The van der Waals surface area contributed by atoms with E-state index in [2.05, 4.69) is 17.4 Å². The third kappa shape index (κ3) is 6.78. The van der Waals surface area contributed by atoms with Gasteiger partial charge in [-0.15, -0.1) is 0 Å². The normalized spacial score (nSPS) is 11.4. The quantitative estimate of drug-likeness (QED) is 0.523. The minimum absolute atomic E-state index is 0.00849. The Balaban J connectivity index is 1.40. The number of amides is 1. The van der Waals surface area contributed by atoms with E-state index in [1.807, 2.05) is 55.5 Å². The molecular weight excluding hydrogens is 378 g/mol. The average Bonchev–Trinajstić information content (AvgIpc) is 2.78. The summed E-state index contributed by atoms with van der Waals surface area (Å²) in [5.41, 5.74) is 1.59. The molecule has 0 saturated heterocycles. The number of esters is 1. The number of benzene rings is 3. The molecule has 3 rings (SSSR count). The molecule has 1 N–H and O–H groups in total. The predicted octanol–water partition coefficient (Wildman–Crippen LogP) is 4.77. The van der Waals surface area contributed by atoms with Gasteiger partial charge in [0.25, 0.3) is 5.91 Å². The summed E-state index contributed by atoms with van der Waals surface area (Å²) in [4.78, 5) is 24.2. The van der Waals surface area contributed by atoms with Gasteiger partial charge in [-0.3, -0.25) is 4.79 Å². The Morgan fingerprint density at radius 2 is 1.43 bits per heavy atom. The van der Waals surface area contributed by atoms with Gasteiger partial charge in [-0.05, 0) is 61.7 Å². The first kappa shape index (κ1) is 21.1. The lowest BCUT2D eigenvalue weighted by Gasteiger charge is -2.14. The number of carbonyl (C=O) groups is 2. The van der Waals surface area contributed by atoms with Crippen molar-refractivity contribution >= 4 is 11.9 Å². The van der Waals surface area contributed by atoms with Crippen LogP contribution in [0.4, 0.5) is 0 Å². The fourth-order valence-corrected chi connectivity index (χ4v) is 2.91. The molecule has 1 amide bonds. The van der Waals surface area contributed by atoms with E-state index in [0.29, 0.717) is 17.1 Å². The molecule has 3 aromatic rings. The molecule has 0 radical (unpaired) electrons. The van der Waals surface area contributed by atoms with Crippen molar-refractivity contribution in [1.29, 1.82) is 0 Å². The maximum Gasteiger partial charge on any atom is 0.338 e. The summed E-state index contributed by atoms with van der Waals surface area (Å²) >= 11 is 0. The third-order valence-corrected chi connectivity index (χ3v) is 4.52. The number of rotatable bonds is 9. The molecule has 0 heterocycles. The highest BCUT2D eigenvalue weighted by Gasteiger charge is 2.12. The van der Waals surface area contributed by atoms with Gasteiger partial charge in [0.2, 0.25) is 0 Å². The van der Waals surface area contributed by atoms with Crippen LogP contribution < -0.4 is 10.1 Å². The molecular formula is C25H25NO4. The molecule has 0 bridgehead atoms. The van der Waals surface area contributed by atoms with Crippen LogP contribution in [0, 0.1) is 0 Å². The summed E-state index contributed by atoms with van der Waals surface area (Å²) in [6.45, 7) is 1.63. The van der Waals surface area contributed by atoms with Crippen LogP contribution in [-0.2, 0) is 16.0 Å². The SMILES string of the molecule is C[C@@H](CCc1ccccc1)NC(=O)COC(=O)c1ccc(Oc2ccccc2)cc1. The van der Waals surface area contributed by atoms with Crippen LogP contribution in [0.25, 0.3) is 0 Å². The van der Waals surface area contributed by atoms with E-state index in [1.165, 1.54) is 5.56 Å². The Morgan fingerprint density at radius 1 is 0.833 bits per heavy atom. The molecule has 5 heteroatoms. The number of hydrogen-bond acceptors (Lipinski definition) is 4. The molecule has 0 fully saturated rings. The highest BCUT2D eigenvalue weighted by molar-refractivity contribution is 5.91. The van der Waals surface area contributed by atoms with Crippen LogP contribution in [0.3, 0.4) is 0 Å². The molecule has 0 aliphatic carbocycles. The van der Waals surface area contributed by atoms with Crippen LogP contribution in [0.5, 0.6) is 11.5 Å². The van der Waals surface area contributed by atoms with Crippen molar-refractivity contribution in [2.45, 2.75) is 25.8 Å². The Morgan fingerprint density at radius 3 is 2.10 bits per heavy atom. The van der Waals surface area contributed by atoms with E-state index in [9.17, 15) is 9.59 Å². The second kappa shape index (κ2) is 10.8. The van der Waals surface area contributed by atoms with E-state index in [-0.39, 0.29) is 18.6 Å². The monoisotopic (exact) mass is 403 g/mol. The highest BCUT2D eigenvalue weighted by atomic mass is 16.5. The summed E-state index contributed by atoms with van der Waals surface area (Å²) in [6, 6.07) is 26.1. The molecule has 0 unspecified atom stereocenters. The molecule has 0 aliphatic heterocycles. The molecule has 3 aromatic carbocycles. The van der Waals surface area contributed by atoms with Crippen LogP contribution in [0.2, 0.25) is 0 Å². The summed E-state index contributed by atoms with van der Waals surface area (Å²) in [6.07, 6.45) is 1.69. The first-order chi connectivity index (χ1) is 14.6. The first-order valence-corrected chi connectivity index (χ1v) is 9.93. The molecule has 154 valence electrons. The Kier molecular flexibility index (Phi) is 7.61. The zero-order valence-electron chi connectivity index (χ0n) is 16.9. The van der Waals surface area contributed by atoms with Crippen molar-refractivity contribution in [1.82, 2.24) is 5.32 Å². The van der Waals surface area contributed by atoms with E-state index in [4.69, 9.17) is 9.47 Å². The van der Waals surface area contributed by atoms with E-state index in [0.717, 1.165) is 12.8 Å². The van der Waals surface area contributed by atoms with Crippen molar-refractivity contribution in [3.63, 3.8) is 0 Å². The van der Waals surface area contributed by atoms with Gasteiger partial charge >= 0.3 is 5.97 Å². The lowest BCUT2D eigenvalue weighted by atomic mass is 10.1. The maximum absolute atomic E-state index is 12.2. The van der Waals surface area contributed by atoms with Crippen molar-refractivity contribution in [2.75, 3.05) is 6.61 Å². The van der Waals surface area contributed by atoms with Crippen LogP contribution in [0.1, 0.15) is 29.3 Å². The van der Waals surface area contributed by atoms with Crippen molar-refractivity contribution in [2.24, 2.45) is 0 Å². The average molecular weight is 403 g/mol. The number of para-hydroxylation sites is 1. The van der Waals surface area contributed by atoms with E-state index < -0.39 is 5.97 Å². The second-order valence-corrected chi connectivity index (χ2v) is 7.01. The molecule has 0 saturated carbocycles. The van der Waals surface area contributed by atoms with Gasteiger partial charge in [0.15, 0.2) is 6.61 Å². The summed E-state index contributed by atoms with van der Waals surface area (Å²) < 4.78 is 10.8. The molecule has 0 aliphatic rings. The second-order valence-electron chi connectivity index (χ2n) is 7.01. The maximum atomic E-state index is 12.2. The Hall–Kier alpha value is -3.60. The molecule has 0 aromatic heterocycles. The van der Waals surface area contributed by atoms with Gasteiger partial charge in [-0.2, -0.15) is 0 Å². The Labute approximate surface area is 176 Å². The zero-order chi connectivity index (χ0) is 21.2. The summed E-state index contributed by atoms with van der Waals surface area (Å²) in [5, 5.41) is 2.86. The van der Waals surface area contributed by atoms with Crippen molar-refractivity contribution in [3.05, 3.63) is 96.1 Å². The van der Waals surface area contributed by atoms with Crippen molar-refractivity contribution in [3.8, 4) is 11.5 Å². The predicted molar refractivity (Wildman–Crippen MR) is 116 cm³/mol. The lowest BCUT2D eigenvalue weighted by Crippen LogP contribution is -2.36. The number of carbonyl (C=O) groups excluding carboxylic acids is 2. The standard InChI is InChI=1S/C25H25NO4/c1-19(12-13-20-8-4-2-5-9-20)26-24(27)18-29-25(28)21-14-16-23(17-15-21)30-22-10-6-3-7-11-22/h2-11,14-17,19H,12-13,18H2,1H3,(H,26,27)/t19-/m0/s1. The number of hydrogen-bond donors (Lipinski definition) is 1. The molecule has 30 heavy (non-hydrogen) atoms. The van der Waals surface area contributed by atoms with Gasteiger partial charge < -0.3 is 14.8 Å². The zero-order valence-corrected chi connectivity index (χ0v) is 16.9. The smallest absolute Gasteiger partial charge is 0.338 e. The Bertz CT molecular complexity index is 940. The lowest BCUT2D eigenvalue weighted by molar-refractivity contribution is -0.124. The van der Waals surface area contributed by atoms with Crippen LogP contribution in [0.15, 0.2) is 84.9 Å². The number of ether oxygens (including phenoxy) is 2. The minimum Gasteiger partial charge on any atom is -0.457 e. The number of aryl methyl sites for hydroxylation is 1. The highest BCUT2D eigenvalue weighted by Crippen LogP contribution is 2.21. The van der Waals surface area contributed by atoms with Gasteiger partial charge in [-0.1, -0.05) is 48.5 Å². The largest absolute Gasteiger partial charge is 0.457 e. The first-order valence-electron chi connectivity index (χ1n) is 9.93. The third-order valence-electron chi connectivity index (χ3n) is 4.52. The fourth-order valence-electron chi connectivity index (χ4n) is 2.91. The molecule has 1 atom stereocenters. The molecule has 0 spiro atoms. The topological polar surface area (TPSA) is 64.6 Å². The minimum atomic E-state index is -0.548. The summed E-state index contributed by atoms with van der Waals surface area (Å²) in [5.74, 6) is 0.468. The van der Waals surface area contributed by atoms with Gasteiger partial charge in [0.1, 0.15) is 11.5 Å². The van der Waals surface area contributed by atoms with Gasteiger partial charge in [0, 0.05) is 6.04 Å². The van der Waals surface area contributed by atoms with E-state index >= 15 is 0 Å². The van der Waals surface area contributed by atoms with E-state index in [1.54, 1.807) is 24.3 Å². The summed E-state index contributed by atoms with van der Waals surface area (Å²) in [7, 11) is 0.